The molecule has 0 saturated heterocycles. The molecule has 1 aliphatic heterocycles. The van der Waals surface area contributed by atoms with Gasteiger partial charge in [0.25, 0.3) is 0 Å². The van der Waals surface area contributed by atoms with Gasteiger partial charge in [-0.2, -0.15) is 0 Å². The highest BCUT2D eigenvalue weighted by molar-refractivity contribution is 8.03. The first kappa shape index (κ1) is 12.2. The molecule has 1 aromatic rings. The fourth-order valence-corrected chi connectivity index (χ4v) is 3.96. The maximum absolute atomic E-state index is 2.55. The first-order valence-corrected chi connectivity index (χ1v) is 8.07. The summed E-state index contributed by atoms with van der Waals surface area (Å²) in [4.78, 5) is 4.18. The number of fused-ring (bicyclic) bond motifs is 1. The second kappa shape index (κ2) is 5.83. The minimum Gasteiger partial charge on any atom is -0.370 e. The molecule has 1 aromatic carbocycles. The van der Waals surface area contributed by atoms with E-state index in [1.165, 1.54) is 62.2 Å². The Morgan fingerprint density at radius 1 is 1.11 bits per heavy atom. The van der Waals surface area contributed by atoms with Crippen LogP contribution in [0.25, 0.3) is 0 Å². The molecule has 1 aliphatic carbocycles. The Kier molecular flexibility index (Phi) is 3.94. The topological polar surface area (TPSA) is 3.24 Å². The molecule has 1 nitrogen and oxygen atoms in total. The first-order valence-electron chi connectivity index (χ1n) is 7.08. The quantitative estimate of drug-likeness (QED) is 0.795. The third-order valence-corrected chi connectivity index (χ3v) is 5.01. The molecule has 0 fully saturated rings. The van der Waals surface area contributed by atoms with Crippen LogP contribution in [0.3, 0.4) is 0 Å². The minimum atomic E-state index is 1.19. The number of para-hydroxylation sites is 1. The third-order valence-electron chi connectivity index (χ3n) is 3.88. The van der Waals surface area contributed by atoms with Gasteiger partial charge in [-0.1, -0.05) is 24.3 Å². The van der Waals surface area contributed by atoms with Gasteiger partial charge in [0.2, 0.25) is 0 Å². The zero-order valence-corrected chi connectivity index (χ0v) is 11.7. The van der Waals surface area contributed by atoms with Gasteiger partial charge in [-0.25, -0.2) is 0 Å². The molecule has 0 spiro atoms. The molecule has 0 aromatic heterocycles. The summed E-state index contributed by atoms with van der Waals surface area (Å²) in [6.07, 6.45) is 9.08. The smallest absolute Gasteiger partial charge is 0.0399 e. The Morgan fingerprint density at radius 3 is 2.94 bits per heavy atom. The molecule has 1 heterocycles. The van der Waals surface area contributed by atoms with Crippen LogP contribution < -0.4 is 4.90 Å². The summed E-state index contributed by atoms with van der Waals surface area (Å²) in [5.41, 5.74) is 3.00. The number of hydrogen-bond donors (Lipinski definition) is 0. The van der Waals surface area contributed by atoms with E-state index in [0.717, 1.165) is 0 Å². The van der Waals surface area contributed by atoms with Crippen molar-refractivity contribution in [3.63, 3.8) is 0 Å². The van der Waals surface area contributed by atoms with Gasteiger partial charge in [-0.05, 0) is 48.6 Å². The average Bonchev–Trinajstić information content (AvgIpc) is 2.84. The molecule has 0 bridgehead atoms. The lowest BCUT2D eigenvalue weighted by atomic mass is 10.1. The van der Waals surface area contributed by atoms with Crippen LogP contribution in [0.15, 0.2) is 35.2 Å². The SMILES string of the molecule is C1=C(SCCN2CCc3ccccc32)CCCC1. The number of allylic oxidation sites excluding steroid dienone is 2. The molecular formula is C16H21NS. The first-order chi connectivity index (χ1) is 8.93. The molecule has 2 heteroatoms. The van der Waals surface area contributed by atoms with Crippen LogP contribution in [-0.4, -0.2) is 18.8 Å². The van der Waals surface area contributed by atoms with Crippen molar-refractivity contribution in [3.8, 4) is 0 Å². The molecule has 18 heavy (non-hydrogen) atoms. The van der Waals surface area contributed by atoms with Gasteiger partial charge in [0, 0.05) is 24.5 Å². The lowest BCUT2D eigenvalue weighted by molar-refractivity contribution is 0.723. The normalized spacial score (nSPS) is 18.7. The lowest BCUT2D eigenvalue weighted by Crippen LogP contribution is -2.23. The predicted octanol–water partition coefficient (Wildman–Crippen LogP) is 4.24. The zero-order valence-electron chi connectivity index (χ0n) is 10.9. The third kappa shape index (κ3) is 2.74. The maximum atomic E-state index is 2.55. The standard InChI is InChI=1S/C16H21NS/c1-2-7-15(8-3-1)18-13-12-17-11-10-14-6-4-5-9-16(14)17/h4-7,9H,1-3,8,10-13H2. The van der Waals surface area contributed by atoms with Gasteiger partial charge in [0.15, 0.2) is 0 Å². The second-order valence-electron chi connectivity index (χ2n) is 5.13. The number of anilines is 1. The number of thioether (sulfide) groups is 1. The minimum absolute atomic E-state index is 1.19. The molecular weight excluding hydrogens is 238 g/mol. The van der Waals surface area contributed by atoms with E-state index in [-0.39, 0.29) is 0 Å². The van der Waals surface area contributed by atoms with Gasteiger partial charge in [0.1, 0.15) is 0 Å². The Balaban J connectivity index is 1.51. The van der Waals surface area contributed by atoms with Gasteiger partial charge >= 0.3 is 0 Å². The molecule has 0 N–H and O–H groups in total. The Bertz CT molecular complexity index is 438. The Labute approximate surface area is 114 Å². The summed E-state index contributed by atoms with van der Waals surface area (Å²) in [5.74, 6) is 1.24. The second-order valence-corrected chi connectivity index (χ2v) is 6.35. The fraction of sp³-hybridized carbons (Fsp3) is 0.500. The van der Waals surface area contributed by atoms with E-state index in [0.29, 0.717) is 0 Å². The van der Waals surface area contributed by atoms with E-state index >= 15 is 0 Å². The average molecular weight is 259 g/mol. The van der Waals surface area contributed by atoms with E-state index in [9.17, 15) is 0 Å². The molecule has 3 rings (SSSR count). The fourth-order valence-electron chi connectivity index (χ4n) is 2.87. The predicted molar refractivity (Wildman–Crippen MR) is 81.4 cm³/mol. The summed E-state index contributed by atoms with van der Waals surface area (Å²) in [6.45, 7) is 2.40. The van der Waals surface area contributed by atoms with Crippen molar-refractivity contribution in [1.29, 1.82) is 0 Å². The zero-order chi connectivity index (χ0) is 12.2. The maximum Gasteiger partial charge on any atom is 0.0399 e. The van der Waals surface area contributed by atoms with Crippen molar-refractivity contribution in [2.75, 3.05) is 23.7 Å². The van der Waals surface area contributed by atoms with Gasteiger partial charge in [0.05, 0.1) is 0 Å². The van der Waals surface area contributed by atoms with Crippen molar-refractivity contribution in [2.24, 2.45) is 0 Å². The molecule has 0 saturated carbocycles. The monoisotopic (exact) mass is 259 g/mol. The molecule has 96 valence electrons. The molecule has 0 radical (unpaired) electrons. The van der Waals surface area contributed by atoms with E-state index in [2.05, 4.69) is 47.0 Å². The number of hydrogen-bond acceptors (Lipinski definition) is 2. The van der Waals surface area contributed by atoms with E-state index in [4.69, 9.17) is 0 Å². The summed E-state index contributed by atoms with van der Waals surface area (Å²) in [6, 6.07) is 8.86. The highest BCUT2D eigenvalue weighted by Gasteiger charge is 2.17. The van der Waals surface area contributed by atoms with Crippen LogP contribution in [0.1, 0.15) is 31.2 Å². The molecule has 0 unspecified atom stereocenters. The van der Waals surface area contributed by atoms with Crippen molar-refractivity contribution >= 4 is 17.4 Å². The van der Waals surface area contributed by atoms with Crippen molar-refractivity contribution in [1.82, 2.24) is 0 Å². The van der Waals surface area contributed by atoms with Crippen molar-refractivity contribution < 1.29 is 0 Å². The van der Waals surface area contributed by atoms with Gasteiger partial charge < -0.3 is 4.90 Å². The summed E-state index contributed by atoms with van der Waals surface area (Å²) >= 11 is 2.08. The summed E-state index contributed by atoms with van der Waals surface area (Å²) in [5, 5.41) is 0. The van der Waals surface area contributed by atoms with Crippen molar-refractivity contribution in [2.45, 2.75) is 32.1 Å². The summed E-state index contributed by atoms with van der Waals surface area (Å²) in [7, 11) is 0. The number of benzene rings is 1. The largest absolute Gasteiger partial charge is 0.370 e. The Morgan fingerprint density at radius 2 is 2.06 bits per heavy atom. The highest BCUT2D eigenvalue weighted by atomic mass is 32.2. The molecule has 0 atom stereocenters. The molecule has 0 amide bonds. The lowest BCUT2D eigenvalue weighted by Gasteiger charge is -2.20. The van der Waals surface area contributed by atoms with Crippen LogP contribution in [0.4, 0.5) is 5.69 Å². The van der Waals surface area contributed by atoms with Crippen LogP contribution in [0, 0.1) is 0 Å². The highest BCUT2D eigenvalue weighted by Crippen LogP contribution is 2.30. The summed E-state index contributed by atoms with van der Waals surface area (Å²) < 4.78 is 0. The molecule has 2 aliphatic rings. The van der Waals surface area contributed by atoms with Crippen LogP contribution >= 0.6 is 11.8 Å². The van der Waals surface area contributed by atoms with Gasteiger partial charge in [-0.3, -0.25) is 0 Å². The van der Waals surface area contributed by atoms with Gasteiger partial charge in [-0.15, -0.1) is 11.8 Å². The van der Waals surface area contributed by atoms with Crippen molar-refractivity contribution in [3.05, 3.63) is 40.8 Å². The number of rotatable bonds is 4. The van der Waals surface area contributed by atoms with E-state index in [1.54, 1.807) is 4.91 Å². The van der Waals surface area contributed by atoms with Crippen LogP contribution in [-0.2, 0) is 6.42 Å². The van der Waals surface area contributed by atoms with E-state index in [1.807, 2.05) is 0 Å². The Hall–Kier alpha value is -0.890. The van der Waals surface area contributed by atoms with E-state index < -0.39 is 0 Å². The van der Waals surface area contributed by atoms with Crippen LogP contribution in [0.5, 0.6) is 0 Å². The van der Waals surface area contributed by atoms with Crippen LogP contribution in [0.2, 0.25) is 0 Å². The number of nitrogens with zero attached hydrogens (tertiary/aromatic N) is 1.